The van der Waals surface area contributed by atoms with Gasteiger partial charge in [0.15, 0.2) is 0 Å². The molecule has 0 unspecified atom stereocenters. The number of anilines is 2. The highest BCUT2D eigenvalue weighted by atomic mass is 35.5. The van der Waals surface area contributed by atoms with Crippen LogP contribution >= 0.6 is 34.8 Å². The van der Waals surface area contributed by atoms with E-state index in [0.29, 0.717) is 37.3 Å². The van der Waals surface area contributed by atoms with Gasteiger partial charge in [-0.1, -0.05) is 34.8 Å². The fourth-order valence-electron chi connectivity index (χ4n) is 1.55. The topological polar surface area (TPSA) is 50.9 Å². The highest BCUT2D eigenvalue weighted by molar-refractivity contribution is 6.48. The minimum absolute atomic E-state index is 0.378. The average molecular weight is 277 g/mol. The molecule has 0 aliphatic carbocycles. The van der Waals surface area contributed by atoms with Crippen LogP contribution in [0.5, 0.6) is 0 Å². The van der Waals surface area contributed by atoms with Crippen LogP contribution in [0.25, 0.3) is 10.9 Å². The molecule has 0 bridgehead atoms. The lowest BCUT2D eigenvalue weighted by atomic mass is 10.1. The van der Waals surface area contributed by atoms with Crippen molar-refractivity contribution < 1.29 is 0 Å². The number of nitrogen functional groups attached to an aromatic ring is 1. The first-order valence-corrected chi connectivity index (χ1v) is 5.59. The Morgan fingerprint density at radius 2 is 1.94 bits per heavy atom. The van der Waals surface area contributed by atoms with Crippen LogP contribution in [-0.2, 0) is 0 Å². The average Bonchev–Trinajstić information content (AvgIpc) is 2.25. The van der Waals surface area contributed by atoms with E-state index in [-0.39, 0.29) is 0 Å². The van der Waals surface area contributed by atoms with Crippen LogP contribution in [0.3, 0.4) is 0 Å². The predicted octanol–water partition coefficient (Wildman–Crippen LogP) is 3.82. The van der Waals surface area contributed by atoms with Gasteiger partial charge >= 0.3 is 0 Å². The van der Waals surface area contributed by atoms with E-state index in [1.165, 1.54) is 6.20 Å². The van der Waals surface area contributed by atoms with Gasteiger partial charge < -0.3 is 11.1 Å². The third kappa shape index (κ3) is 1.65. The molecule has 3 nitrogen and oxygen atoms in total. The van der Waals surface area contributed by atoms with Gasteiger partial charge in [0.25, 0.3) is 0 Å². The maximum Gasteiger partial charge on any atom is 0.0926 e. The van der Waals surface area contributed by atoms with Crippen molar-refractivity contribution in [2.45, 2.75) is 0 Å². The lowest BCUT2D eigenvalue weighted by molar-refractivity contribution is 1.40. The van der Waals surface area contributed by atoms with E-state index in [2.05, 4.69) is 10.3 Å². The Morgan fingerprint density at radius 3 is 2.56 bits per heavy atom. The SMILES string of the molecule is CNc1c(N)cnc2c(Cl)cc(Cl)c(Cl)c12. The molecule has 1 aromatic carbocycles. The number of rotatable bonds is 1. The first-order chi connectivity index (χ1) is 7.56. The normalized spacial score (nSPS) is 10.8. The van der Waals surface area contributed by atoms with Gasteiger partial charge in [-0.3, -0.25) is 4.98 Å². The third-order valence-corrected chi connectivity index (χ3v) is 3.34. The number of nitrogens with zero attached hydrogens (tertiary/aromatic N) is 1. The van der Waals surface area contributed by atoms with Gasteiger partial charge in [-0.15, -0.1) is 0 Å². The number of hydrogen-bond donors (Lipinski definition) is 2. The van der Waals surface area contributed by atoms with E-state index in [1.807, 2.05) is 0 Å². The van der Waals surface area contributed by atoms with Gasteiger partial charge in [0, 0.05) is 12.4 Å². The minimum Gasteiger partial charge on any atom is -0.396 e. The van der Waals surface area contributed by atoms with Crippen LogP contribution in [-0.4, -0.2) is 12.0 Å². The summed E-state index contributed by atoms with van der Waals surface area (Å²) in [6.45, 7) is 0. The molecule has 0 saturated carbocycles. The number of pyridine rings is 1. The van der Waals surface area contributed by atoms with Crippen molar-refractivity contribution in [2.75, 3.05) is 18.1 Å². The third-order valence-electron chi connectivity index (χ3n) is 2.27. The molecular weight excluding hydrogens is 268 g/mol. The summed E-state index contributed by atoms with van der Waals surface area (Å²) in [6.07, 6.45) is 1.53. The molecule has 0 radical (unpaired) electrons. The molecule has 3 N–H and O–H groups in total. The maximum absolute atomic E-state index is 6.13. The number of fused-ring (bicyclic) bond motifs is 1. The smallest absolute Gasteiger partial charge is 0.0926 e. The number of benzene rings is 1. The van der Waals surface area contributed by atoms with Crippen molar-refractivity contribution in [2.24, 2.45) is 0 Å². The molecule has 0 aliphatic rings. The number of halogens is 3. The first-order valence-electron chi connectivity index (χ1n) is 4.45. The van der Waals surface area contributed by atoms with Gasteiger partial charge in [0.1, 0.15) is 0 Å². The van der Waals surface area contributed by atoms with Gasteiger partial charge in [-0.2, -0.15) is 0 Å². The molecule has 2 aromatic rings. The molecule has 0 aliphatic heterocycles. The molecule has 0 amide bonds. The predicted molar refractivity (Wildman–Crippen MR) is 70.7 cm³/mol. The van der Waals surface area contributed by atoms with E-state index in [9.17, 15) is 0 Å². The zero-order valence-corrected chi connectivity index (χ0v) is 10.6. The molecule has 0 atom stereocenters. The molecule has 84 valence electrons. The molecule has 1 heterocycles. The molecule has 2 rings (SSSR count). The molecular formula is C10H8Cl3N3. The minimum atomic E-state index is 0.378. The Morgan fingerprint density at radius 1 is 1.25 bits per heavy atom. The Labute approximate surface area is 107 Å². The fourth-order valence-corrected chi connectivity index (χ4v) is 2.30. The Balaban J connectivity index is 3.01. The van der Waals surface area contributed by atoms with Crippen LogP contribution in [0.1, 0.15) is 0 Å². The molecule has 1 aromatic heterocycles. The lowest BCUT2D eigenvalue weighted by Gasteiger charge is -2.11. The van der Waals surface area contributed by atoms with Crippen molar-refractivity contribution in [3.63, 3.8) is 0 Å². The highest BCUT2D eigenvalue weighted by Crippen LogP contribution is 2.40. The molecule has 16 heavy (non-hydrogen) atoms. The summed E-state index contributed by atoms with van der Waals surface area (Å²) in [5.41, 5.74) is 7.55. The number of nitrogens with two attached hydrogens (primary N) is 1. The van der Waals surface area contributed by atoms with Crippen LogP contribution in [0.15, 0.2) is 12.3 Å². The summed E-state index contributed by atoms with van der Waals surface area (Å²) >= 11 is 18.1. The Hall–Kier alpha value is -0.900. The summed E-state index contributed by atoms with van der Waals surface area (Å²) in [6, 6.07) is 1.57. The van der Waals surface area contributed by atoms with Crippen molar-refractivity contribution in [1.29, 1.82) is 0 Å². The van der Waals surface area contributed by atoms with Crippen molar-refractivity contribution >= 4 is 57.1 Å². The monoisotopic (exact) mass is 275 g/mol. The van der Waals surface area contributed by atoms with E-state index in [0.717, 1.165) is 0 Å². The quantitative estimate of drug-likeness (QED) is 0.779. The van der Waals surface area contributed by atoms with Gasteiger partial charge in [-0.25, -0.2) is 0 Å². The highest BCUT2D eigenvalue weighted by Gasteiger charge is 2.14. The second-order valence-electron chi connectivity index (χ2n) is 3.22. The summed E-state index contributed by atoms with van der Waals surface area (Å²) in [5.74, 6) is 0. The molecule has 0 spiro atoms. The fraction of sp³-hybridized carbons (Fsp3) is 0.100. The summed E-state index contributed by atoms with van der Waals surface area (Å²) in [4.78, 5) is 4.15. The second kappa shape index (κ2) is 4.17. The van der Waals surface area contributed by atoms with Crippen molar-refractivity contribution in [3.05, 3.63) is 27.3 Å². The Bertz CT molecular complexity index is 569. The zero-order chi connectivity index (χ0) is 11.9. The first kappa shape index (κ1) is 11.6. The molecule has 6 heteroatoms. The van der Waals surface area contributed by atoms with Gasteiger partial charge in [0.2, 0.25) is 0 Å². The summed E-state index contributed by atoms with van der Waals surface area (Å²) in [7, 11) is 1.75. The summed E-state index contributed by atoms with van der Waals surface area (Å²) < 4.78 is 0. The molecule has 0 fully saturated rings. The maximum atomic E-state index is 6.13. The Kier molecular flexibility index (Phi) is 3.02. The van der Waals surface area contributed by atoms with Crippen LogP contribution in [0, 0.1) is 0 Å². The number of nitrogens with one attached hydrogen (secondary N) is 1. The number of hydrogen-bond acceptors (Lipinski definition) is 3. The lowest BCUT2D eigenvalue weighted by Crippen LogP contribution is -1.99. The van der Waals surface area contributed by atoms with Crippen LogP contribution < -0.4 is 11.1 Å². The molecule has 0 saturated heterocycles. The number of aromatic nitrogens is 1. The van der Waals surface area contributed by atoms with E-state index in [4.69, 9.17) is 40.5 Å². The standard InChI is InChI=1S/C10H8Cl3N3/c1-15-10-6(14)3-16-9-5(12)2-4(11)8(13)7(9)10/h2-3H,14H2,1H3,(H,15,16). The van der Waals surface area contributed by atoms with E-state index >= 15 is 0 Å². The van der Waals surface area contributed by atoms with E-state index in [1.54, 1.807) is 13.1 Å². The van der Waals surface area contributed by atoms with E-state index < -0.39 is 0 Å². The van der Waals surface area contributed by atoms with Crippen LogP contribution in [0.2, 0.25) is 15.1 Å². The van der Waals surface area contributed by atoms with Gasteiger partial charge in [0.05, 0.1) is 38.2 Å². The van der Waals surface area contributed by atoms with Gasteiger partial charge in [-0.05, 0) is 6.07 Å². The summed E-state index contributed by atoms with van der Waals surface area (Å²) in [5, 5.41) is 4.82. The largest absolute Gasteiger partial charge is 0.396 e. The van der Waals surface area contributed by atoms with Crippen molar-refractivity contribution in [3.8, 4) is 0 Å². The second-order valence-corrected chi connectivity index (χ2v) is 4.41. The zero-order valence-electron chi connectivity index (χ0n) is 8.31. The van der Waals surface area contributed by atoms with Crippen molar-refractivity contribution in [1.82, 2.24) is 4.98 Å². The van der Waals surface area contributed by atoms with Crippen LogP contribution in [0.4, 0.5) is 11.4 Å².